The van der Waals surface area contributed by atoms with Crippen molar-refractivity contribution in [3.05, 3.63) is 29.6 Å². The van der Waals surface area contributed by atoms with Gasteiger partial charge in [0.25, 0.3) is 0 Å². The maximum absolute atomic E-state index is 13.5. The van der Waals surface area contributed by atoms with Crippen molar-refractivity contribution in [2.24, 2.45) is 5.92 Å². The van der Waals surface area contributed by atoms with Gasteiger partial charge in [-0.1, -0.05) is 12.5 Å². The fraction of sp³-hybridized carbons (Fsp3) is 0.417. The van der Waals surface area contributed by atoms with E-state index in [2.05, 4.69) is 5.32 Å². The van der Waals surface area contributed by atoms with Crippen LogP contribution in [0.5, 0.6) is 0 Å². The van der Waals surface area contributed by atoms with Gasteiger partial charge in [-0.3, -0.25) is 0 Å². The Morgan fingerprint density at radius 1 is 1.50 bits per heavy atom. The molecule has 1 aromatic rings. The van der Waals surface area contributed by atoms with Gasteiger partial charge in [-0.05, 0) is 30.9 Å². The Morgan fingerprint density at radius 2 is 2.25 bits per heavy atom. The lowest BCUT2D eigenvalue weighted by atomic mass is 9.85. The highest BCUT2D eigenvalue weighted by Crippen LogP contribution is 2.28. The number of nitrogens with one attached hydrogen (secondary N) is 1. The summed E-state index contributed by atoms with van der Waals surface area (Å²) in [6.07, 6.45) is 3.50. The molecule has 0 spiro atoms. The molecule has 0 unspecified atom stereocenters. The molecule has 0 saturated heterocycles. The van der Waals surface area contributed by atoms with Crippen molar-refractivity contribution >= 4 is 11.7 Å². The molecule has 4 heteroatoms. The number of benzene rings is 1. The van der Waals surface area contributed by atoms with Crippen molar-refractivity contribution in [2.75, 3.05) is 11.9 Å². The van der Waals surface area contributed by atoms with Crippen molar-refractivity contribution in [2.45, 2.75) is 19.3 Å². The third kappa shape index (κ3) is 2.15. The molecule has 1 saturated carbocycles. The predicted octanol–water partition coefficient (Wildman–Crippen LogP) is 2.74. The minimum absolute atomic E-state index is 0.000626. The molecule has 0 aromatic heterocycles. The number of carbonyl (C=O) groups is 1. The highest BCUT2D eigenvalue weighted by Gasteiger charge is 2.19. The molecule has 0 atom stereocenters. The lowest BCUT2D eigenvalue weighted by Crippen LogP contribution is -2.22. The molecule has 1 fully saturated rings. The second-order valence-corrected chi connectivity index (χ2v) is 4.15. The van der Waals surface area contributed by atoms with Gasteiger partial charge in [-0.15, -0.1) is 0 Å². The van der Waals surface area contributed by atoms with Crippen LogP contribution in [-0.2, 0) is 0 Å². The first-order valence-corrected chi connectivity index (χ1v) is 5.44. The van der Waals surface area contributed by atoms with Crippen molar-refractivity contribution in [1.29, 1.82) is 0 Å². The second kappa shape index (κ2) is 4.51. The van der Waals surface area contributed by atoms with E-state index in [0.29, 0.717) is 12.5 Å². The number of carboxylic acids is 1. The first-order valence-electron chi connectivity index (χ1n) is 5.44. The molecule has 1 aliphatic rings. The van der Waals surface area contributed by atoms with Gasteiger partial charge in [0.1, 0.15) is 5.82 Å². The Balaban J connectivity index is 2.13. The van der Waals surface area contributed by atoms with Crippen LogP contribution in [0.1, 0.15) is 29.6 Å². The van der Waals surface area contributed by atoms with Gasteiger partial charge in [0.2, 0.25) is 0 Å². The molecule has 2 rings (SSSR count). The van der Waals surface area contributed by atoms with E-state index < -0.39 is 11.8 Å². The summed E-state index contributed by atoms with van der Waals surface area (Å²) >= 11 is 0. The summed E-state index contributed by atoms with van der Waals surface area (Å²) in [4.78, 5) is 10.9. The number of hydrogen-bond donors (Lipinski definition) is 2. The number of para-hydroxylation sites is 1. The Labute approximate surface area is 93.3 Å². The van der Waals surface area contributed by atoms with Crippen LogP contribution in [0.15, 0.2) is 18.2 Å². The number of halogens is 1. The summed E-state index contributed by atoms with van der Waals surface area (Å²) in [7, 11) is 0. The summed E-state index contributed by atoms with van der Waals surface area (Å²) in [6, 6.07) is 4.09. The highest BCUT2D eigenvalue weighted by atomic mass is 19.1. The van der Waals surface area contributed by atoms with Gasteiger partial charge in [0, 0.05) is 6.54 Å². The van der Waals surface area contributed by atoms with Gasteiger partial charge < -0.3 is 10.4 Å². The van der Waals surface area contributed by atoms with E-state index >= 15 is 0 Å². The van der Waals surface area contributed by atoms with E-state index in [9.17, 15) is 9.18 Å². The third-order valence-corrected chi connectivity index (χ3v) is 3.04. The monoisotopic (exact) mass is 223 g/mol. The third-order valence-electron chi connectivity index (χ3n) is 3.04. The van der Waals surface area contributed by atoms with Crippen molar-refractivity contribution < 1.29 is 14.3 Å². The van der Waals surface area contributed by atoms with Crippen molar-refractivity contribution in [3.63, 3.8) is 0 Å². The second-order valence-electron chi connectivity index (χ2n) is 4.15. The van der Waals surface area contributed by atoms with Crippen LogP contribution in [0, 0.1) is 11.7 Å². The first-order chi connectivity index (χ1) is 7.68. The molecular weight excluding hydrogens is 209 g/mol. The maximum atomic E-state index is 13.5. The Kier molecular flexibility index (Phi) is 3.08. The molecular formula is C12H14FNO2. The zero-order valence-corrected chi connectivity index (χ0v) is 8.87. The smallest absolute Gasteiger partial charge is 0.337 e. The average Bonchev–Trinajstić information content (AvgIpc) is 2.17. The lowest BCUT2D eigenvalue weighted by Gasteiger charge is -2.26. The molecule has 16 heavy (non-hydrogen) atoms. The topological polar surface area (TPSA) is 49.3 Å². The summed E-state index contributed by atoms with van der Waals surface area (Å²) < 4.78 is 13.5. The van der Waals surface area contributed by atoms with E-state index in [1.807, 2.05) is 0 Å². The van der Waals surface area contributed by atoms with E-state index in [-0.39, 0.29) is 11.3 Å². The fourth-order valence-corrected chi connectivity index (χ4v) is 1.83. The SMILES string of the molecule is O=C(O)c1cccc(F)c1NCC1CCC1. The minimum atomic E-state index is -1.10. The standard InChI is InChI=1S/C12H14FNO2/c13-10-6-2-5-9(12(15)16)11(10)14-7-8-3-1-4-8/h2,5-6,8,14H,1,3-4,7H2,(H,15,16). The van der Waals surface area contributed by atoms with Crippen LogP contribution < -0.4 is 5.32 Å². The predicted molar refractivity (Wildman–Crippen MR) is 59.2 cm³/mol. The Morgan fingerprint density at radius 3 is 2.81 bits per heavy atom. The molecule has 3 nitrogen and oxygen atoms in total. The van der Waals surface area contributed by atoms with E-state index in [0.717, 1.165) is 12.8 Å². The van der Waals surface area contributed by atoms with Crippen LogP contribution in [0.25, 0.3) is 0 Å². The Hall–Kier alpha value is -1.58. The van der Waals surface area contributed by atoms with E-state index in [1.165, 1.54) is 24.6 Å². The van der Waals surface area contributed by atoms with Crippen LogP contribution in [0.4, 0.5) is 10.1 Å². The minimum Gasteiger partial charge on any atom is -0.478 e. The molecule has 1 aromatic carbocycles. The summed E-state index contributed by atoms with van der Waals surface area (Å²) in [6.45, 7) is 0.654. The van der Waals surface area contributed by atoms with Gasteiger partial charge in [0.15, 0.2) is 0 Å². The van der Waals surface area contributed by atoms with Gasteiger partial charge in [-0.2, -0.15) is 0 Å². The molecule has 0 aliphatic heterocycles. The number of carboxylic acid groups (broad SMARTS) is 1. The summed E-state index contributed by atoms with van der Waals surface area (Å²) in [5.74, 6) is -1.05. The lowest BCUT2D eigenvalue weighted by molar-refractivity contribution is 0.0697. The largest absolute Gasteiger partial charge is 0.478 e. The van der Waals surface area contributed by atoms with Crippen LogP contribution in [-0.4, -0.2) is 17.6 Å². The Bertz CT molecular complexity index is 402. The van der Waals surface area contributed by atoms with Crippen molar-refractivity contribution in [3.8, 4) is 0 Å². The van der Waals surface area contributed by atoms with E-state index in [4.69, 9.17) is 5.11 Å². The number of hydrogen-bond acceptors (Lipinski definition) is 2. The van der Waals surface area contributed by atoms with Gasteiger partial charge in [0.05, 0.1) is 11.3 Å². The molecule has 0 heterocycles. The molecule has 0 amide bonds. The first kappa shape index (κ1) is 10.9. The van der Waals surface area contributed by atoms with Crippen LogP contribution in [0.2, 0.25) is 0 Å². The summed E-state index contributed by atoms with van der Waals surface area (Å²) in [5, 5.41) is 11.8. The summed E-state index contributed by atoms with van der Waals surface area (Å²) in [5.41, 5.74) is 0.112. The molecule has 2 N–H and O–H groups in total. The normalized spacial score (nSPS) is 15.6. The van der Waals surface area contributed by atoms with Gasteiger partial charge >= 0.3 is 5.97 Å². The number of rotatable bonds is 4. The maximum Gasteiger partial charge on any atom is 0.337 e. The van der Waals surface area contributed by atoms with E-state index in [1.54, 1.807) is 0 Å². The molecule has 0 radical (unpaired) electrons. The highest BCUT2D eigenvalue weighted by molar-refractivity contribution is 5.94. The van der Waals surface area contributed by atoms with Crippen molar-refractivity contribution in [1.82, 2.24) is 0 Å². The zero-order valence-electron chi connectivity index (χ0n) is 8.87. The molecule has 1 aliphatic carbocycles. The quantitative estimate of drug-likeness (QED) is 0.825. The molecule has 86 valence electrons. The fourth-order valence-electron chi connectivity index (χ4n) is 1.83. The van der Waals surface area contributed by atoms with Crippen LogP contribution in [0.3, 0.4) is 0 Å². The number of aromatic carboxylic acids is 1. The zero-order chi connectivity index (χ0) is 11.5. The van der Waals surface area contributed by atoms with Gasteiger partial charge in [-0.25, -0.2) is 9.18 Å². The molecule has 0 bridgehead atoms. The number of anilines is 1. The van der Waals surface area contributed by atoms with Crippen LogP contribution >= 0.6 is 0 Å². The average molecular weight is 223 g/mol.